The number of hydrogen-bond donors (Lipinski definition) is 1. The second-order valence-electron chi connectivity index (χ2n) is 3.25. The van der Waals surface area contributed by atoms with E-state index in [9.17, 15) is 13.2 Å². The van der Waals surface area contributed by atoms with Crippen LogP contribution in [0.4, 0.5) is 13.2 Å². The second-order valence-corrected chi connectivity index (χ2v) is 3.25. The first kappa shape index (κ1) is 14.7. The molecule has 0 aromatic carbocycles. The van der Waals surface area contributed by atoms with E-state index in [-0.39, 0.29) is 12.6 Å². The molecule has 92 valence electrons. The fraction of sp³-hybridized carbons (Fsp3) is 1.00. The maximum atomic E-state index is 11.8. The minimum absolute atomic E-state index is 0.0532. The summed E-state index contributed by atoms with van der Waals surface area (Å²) >= 11 is 0. The zero-order valence-electron chi connectivity index (χ0n) is 9.06. The summed E-state index contributed by atoms with van der Waals surface area (Å²) < 4.78 is 44.7. The molecule has 0 saturated carbocycles. The fourth-order valence-corrected chi connectivity index (χ4v) is 1.10. The van der Waals surface area contributed by atoms with E-state index in [0.29, 0.717) is 6.61 Å². The Labute approximate surface area is 87.9 Å². The predicted molar refractivity (Wildman–Crippen MR) is 50.8 cm³/mol. The number of methoxy groups -OCH3 is 1. The smallest absolute Gasteiger partial charge is 0.385 e. The van der Waals surface area contributed by atoms with Crippen LogP contribution in [0.15, 0.2) is 0 Å². The van der Waals surface area contributed by atoms with Crippen molar-refractivity contribution in [2.75, 3.05) is 34.0 Å². The monoisotopic (exact) mass is 229 g/mol. The van der Waals surface area contributed by atoms with Gasteiger partial charge in [0.05, 0.1) is 6.61 Å². The molecular weight excluding hydrogens is 211 g/mol. The standard InChI is InChI=1S/C9H18F3NO2/c1-13-8(4-3-5-14-2)6-15-7-9(10,11)12/h8,13H,3-7H2,1-2H3. The molecule has 0 heterocycles. The van der Waals surface area contributed by atoms with Gasteiger partial charge >= 0.3 is 6.18 Å². The molecule has 3 nitrogen and oxygen atoms in total. The van der Waals surface area contributed by atoms with Crippen molar-refractivity contribution in [3.63, 3.8) is 0 Å². The van der Waals surface area contributed by atoms with Crippen LogP contribution in [0.5, 0.6) is 0 Å². The normalized spacial score (nSPS) is 14.2. The average molecular weight is 229 g/mol. The first-order valence-corrected chi connectivity index (χ1v) is 4.80. The van der Waals surface area contributed by atoms with Crippen LogP contribution in [0.2, 0.25) is 0 Å². The van der Waals surface area contributed by atoms with Gasteiger partial charge in [0, 0.05) is 19.8 Å². The van der Waals surface area contributed by atoms with Crippen molar-refractivity contribution in [1.29, 1.82) is 0 Å². The maximum Gasteiger partial charge on any atom is 0.411 e. The zero-order valence-corrected chi connectivity index (χ0v) is 9.06. The Morgan fingerprint density at radius 1 is 1.33 bits per heavy atom. The van der Waals surface area contributed by atoms with Gasteiger partial charge in [-0.1, -0.05) is 0 Å². The summed E-state index contributed by atoms with van der Waals surface area (Å²) in [6.07, 6.45) is -2.70. The third-order valence-electron chi connectivity index (χ3n) is 1.89. The van der Waals surface area contributed by atoms with Gasteiger partial charge in [-0.15, -0.1) is 0 Å². The number of halogens is 3. The Morgan fingerprint density at radius 2 is 2.00 bits per heavy atom. The molecule has 1 unspecified atom stereocenters. The highest BCUT2D eigenvalue weighted by Gasteiger charge is 2.27. The van der Waals surface area contributed by atoms with Crippen LogP contribution in [-0.2, 0) is 9.47 Å². The lowest BCUT2D eigenvalue weighted by molar-refractivity contribution is -0.175. The molecule has 0 aromatic heterocycles. The largest absolute Gasteiger partial charge is 0.411 e. The average Bonchev–Trinajstić information content (AvgIpc) is 2.14. The molecule has 0 bridgehead atoms. The van der Waals surface area contributed by atoms with E-state index >= 15 is 0 Å². The number of rotatable bonds is 8. The number of nitrogens with one attached hydrogen (secondary N) is 1. The van der Waals surface area contributed by atoms with Crippen LogP contribution in [0.1, 0.15) is 12.8 Å². The van der Waals surface area contributed by atoms with E-state index in [1.54, 1.807) is 14.2 Å². The first-order chi connectivity index (χ1) is 6.99. The summed E-state index contributed by atoms with van der Waals surface area (Å²) in [6, 6.07) is -0.0532. The molecule has 0 aliphatic carbocycles. The van der Waals surface area contributed by atoms with Crippen LogP contribution >= 0.6 is 0 Å². The van der Waals surface area contributed by atoms with E-state index in [1.807, 2.05) is 0 Å². The highest BCUT2D eigenvalue weighted by molar-refractivity contribution is 4.63. The lowest BCUT2D eigenvalue weighted by Gasteiger charge is -2.16. The number of likely N-dealkylation sites (N-methyl/N-ethyl adjacent to an activating group) is 1. The maximum absolute atomic E-state index is 11.8. The van der Waals surface area contributed by atoms with Gasteiger partial charge in [0.25, 0.3) is 0 Å². The van der Waals surface area contributed by atoms with Crippen LogP contribution < -0.4 is 5.32 Å². The molecule has 15 heavy (non-hydrogen) atoms. The zero-order chi connectivity index (χ0) is 11.7. The van der Waals surface area contributed by atoms with Gasteiger partial charge in [0.1, 0.15) is 6.61 Å². The van der Waals surface area contributed by atoms with Crippen molar-refractivity contribution < 1.29 is 22.6 Å². The van der Waals surface area contributed by atoms with Crippen molar-refractivity contribution in [2.24, 2.45) is 0 Å². The summed E-state index contributed by atoms with van der Waals surface area (Å²) in [6.45, 7) is -0.507. The lowest BCUT2D eigenvalue weighted by Crippen LogP contribution is -2.32. The van der Waals surface area contributed by atoms with Gasteiger partial charge in [-0.25, -0.2) is 0 Å². The summed E-state index contributed by atoms with van der Waals surface area (Å²) in [5.41, 5.74) is 0. The molecule has 0 spiro atoms. The SMILES string of the molecule is CNC(CCCOC)COCC(F)(F)F. The Balaban J connectivity index is 3.52. The van der Waals surface area contributed by atoms with Crippen LogP contribution in [-0.4, -0.2) is 46.2 Å². The van der Waals surface area contributed by atoms with Gasteiger partial charge < -0.3 is 14.8 Å². The van der Waals surface area contributed by atoms with Crippen molar-refractivity contribution >= 4 is 0 Å². The summed E-state index contributed by atoms with van der Waals surface area (Å²) in [5.74, 6) is 0. The van der Waals surface area contributed by atoms with Crippen molar-refractivity contribution in [3.8, 4) is 0 Å². The van der Waals surface area contributed by atoms with Gasteiger partial charge in [-0.2, -0.15) is 13.2 Å². The van der Waals surface area contributed by atoms with Crippen molar-refractivity contribution in [1.82, 2.24) is 5.32 Å². The third-order valence-corrected chi connectivity index (χ3v) is 1.89. The Hall–Kier alpha value is -0.330. The van der Waals surface area contributed by atoms with E-state index in [4.69, 9.17) is 4.74 Å². The van der Waals surface area contributed by atoms with E-state index < -0.39 is 12.8 Å². The predicted octanol–water partition coefficient (Wildman–Crippen LogP) is 1.58. The Kier molecular flexibility index (Phi) is 7.72. The van der Waals surface area contributed by atoms with Crippen LogP contribution in [0.3, 0.4) is 0 Å². The molecule has 0 aliphatic rings. The molecule has 0 saturated heterocycles. The van der Waals surface area contributed by atoms with Crippen molar-refractivity contribution in [3.05, 3.63) is 0 Å². The molecule has 0 rings (SSSR count). The first-order valence-electron chi connectivity index (χ1n) is 4.80. The molecule has 0 fully saturated rings. The van der Waals surface area contributed by atoms with Gasteiger partial charge in [0.2, 0.25) is 0 Å². The summed E-state index contributed by atoms with van der Waals surface area (Å²) in [4.78, 5) is 0. The molecule has 6 heteroatoms. The second kappa shape index (κ2) is 7.90. The number of alkyl halides is 3. The van der Waals surface area contributed by atoms with Crippen LogP contribution in [0, 0.1) is 0 Å². The molecule has 1 N–H and O–H groups in total. The Bertz CT molecular complexity index is 153. The van der Waals surface area contributed by atoms with Gasteiger partial charge in [-0.3, -0.25) is 0 Å². The summed E-state index contributed by atoms with van der Waals surface area (Å²) in [7, 11) is 3.29. The quantitative estimate of drug-likeness (QED) is 0.641. The molecular formula is C9H18F3NO2. The molecule has 0 aromatic rings. The van der Waals surface area contributed by atoms with Gasteiger partial charge in [0.15, 0.2) is 0 Å². The van der Waals surface area contributed by atoms with Gasteiger partial charge in [-0.05, 0) is 19.9 Å². The molecule has 1 atom stereocenters. The van der Waals surface area contributed by atoms with E-state index in [1.165, 1.54) is 0 Å². The minimum atomic E-state index is -4.25. The third kappa shape index (κ3) is 9.96. The van der Waals surface area contributed by atoms with Crippen molar-refractivity contribution in [2.45, 2.75) is 25.1 Å². The fourth-order valence-electron chi connectivity index (χ4n) is 1.10. The van der Waals surface area contributed by atoms with E-state index in [0.717, 1.165) is 12.8 Å². The minimum Gasteiger partial charge on any atom is -0.385 e. The summed E-state index contributed by atoms with van der Waals surface area (Å²) in [5, 5.41) is 2.90. The molecule has 0 amide bonds. The highest BCUT2D eigenvalue weighted by atomic mass is 19.4. The Morgan fingerprint density at radius 3 is 2.47 bits per heavy atom. The van der Waals surface area contributed by atoms with E-state index in [2.05, 4.69) is 10.1 Å². The topological polar surface area (TPSA) is 30.5 Å². The number of ether oxygens (including phenoxy) is 2. The van der Waals surface area contributed by atoms with Crippen LogP contribution in [0.25, 0.3) is 0 Å². The molecule has 0 aliphatic heterocycles. The molecule has 0 radical (unpaired) electrons. The highest BCUT2D eigenvalue weighted by Crippen LogP contribution is 2.14. The lowest BCUT2D eigenvalue weighted by atomic mass is 10.2. The number of hydrogen-bond acceptors (Lipinski definition) is 3.